The number of carbonyl (C=O) groups is 2. The molecule has 1 unspecified atom stereocenters. The summed E-state index contributed by atoms with van der Waals surface area (Å²) in [7, 11) is 0. The quantitative estimate of drug-likeness (QED) is 0.357. The van der Waals surface area contributed by atoms with Gasteiger partial charge in [0.15, 0.2) is 0 Å². The number of aromatic nitrogens is 4. The first kappa shape index (κ1) is 23.8. The molecule has 8 heteroatoms. The van der Waals surface area contributed by atoms with Crippen LogP contribution in [0, 0.1) is 0 Å². The molecule has 0 fully saturated rings. The van der Waals surface area contributed by atoms with Gasteiger partial charge in [0.05, 0.1) is 0 Å². The zero-order chi connectivity index (χ0) is 24.6. The number of hydrogen-bond donors (Lipinski definition) is 2. The number of tetrazole rings is 1. The normalized spacial score (nSPS) is 11.7. The zero-order valence-electron chi connectivity index (χ0n) is 19.5. The van der Waals surface area contributed by atoms with Crippen molar-refractivity contribution in [2.24, 2.45) is 0 Å². The van der Waals surface area contributed by atoms with Crippen LogP contribution in [-0.2, 0) is 22.6 Å². The summed E-state index contributed by atoms with van der Waals surface area (Å²) in [5.41, 5.74) is 4.49. The lowest BCUT2D eigenvalue weighted by molar-refractivity contribution is -0.150. The van der Waals surface area contributed by atoms with Gasteiger partial charge in [-0.25, -0.2) is 4.79 Å². The van der Waals surface area contributed by atoms with Crippen molar-refractivity contribution in [2.45, 2.75) is 38.8 Å². The molecule has 8 nitrogen and oxygen atoms in total. The van der Waals surface area contributed by atoms with E-state index in [2.05, 4.69) is 20.6 Å². The van der Waals surface area contributed by atoms with E-state index >= 15 is 0 Å². The first-order valence-electron chi connectivity index (χ1n) is 11.5. The molecular weight excluding hydrogens is 442 g/mol. The molecule has 35 heavy (non-hydrogen) atoms. The standard InChI is InChI=1S/C27H27N5O3/c1-2-8-25(33)32(24(27(34)35)17-19-9-4-3-5-10-19)18-20-13-15-21(16-14-20)22-11-6-7-12-23(22)26-28-30-31-29-26/h3-7,9-16,24H,2,8,17-18H2,1H3,(H,34,35)(H,28,29,30,31). The van der Waals surface area contributed by atoms with Crippen molar-refractivity contribution in [2.75, 3.05) is 0 Å². The van der Waals surface area contributed by atoms with Crippen molar-refractivity contribution in [1.29, 1.82) is 0 Å². The van der Waals surface area contributed by atoms with E-state index in [0.717, 1.165) is 27.8 Å². The number of H-pyrrole nitrogens is 1. The Morgan fingerprint density at radius 2 is 1.60 bits per heavy atom. The maximum atomic E-state index is 13.0. The fraction of sp³-hybridized carbons (Fsp3) is 0.222. The summed E-state index contributed by atoms with van der Waals surface area (Å²) in [5.74, 6) is -0.669. The number of aromatic amines is 1. The minimum absolute atomic E-state index is 0.164. The van der Waals surface area contributed by atoms with Crippen molar-refractivity contribution in [3.8, 4) is 22.5 Å². The Kier molecular flexibility index (Phi) is 7.62. The van der Waals surface area contributed by atoms with E-state index in [9.17, 15) is 14.7 Å². The molecule has 0 bridgehead atoms. The molecule has 1 amide bonds. The number of carbonyl (C=O) groups excluding carboxylic acids is 1. The van der Waals surface area contributed by atoms with Crippen LogP contribution in [0.25, 0.3) is 22.5 Å². The summed E-state index contributed by atoms with van der Waals surface area (Å²) in [6.07, 6.45) is 1.20. The monoisotopic (exact) mass is 469 g/mol. The molecular formula is C27H27N5O3. The lowest BCUT2D eigenvalue weighted by Gasteiger charge is -2.29. The summed E-state index contributed by atoms with van der Waals surface area (Å²) in [6.45, 7) is 2.13. The van der Waals surface area contributed by atoms with Gasteiger partial charge in [0.25, 0.3) is 0 Å². The summed E-state index contributed by atoms with van der Waals surface area (Å²) in [4.78, 5) is 26.7. The molecule has 1 aromatic heterocycles. The zero-order valence-corrected chi connectivity index (χ0v) is 19.5. The minimum Gasteiger partial charge on any atom is -0.480 e. The Balaban J connectivity index is 1.60. The number of hydrogen-bond acceptors (Lipinski definition) is 5. The molecule has 3 aromatic carbocycles. The number of benzene rings is 3. The molecule has 0 aliphatic carbocycles. The highest BCUT2D eigenvalue weighted by Gasteiger charge is 2.29. The van der Waals surface area contributed by atoms with Gasteiger partial charge >= 0.3 is 5.97 Å². The maximum Gasteiger partial charge on any atom is 0.326 e. The van der Waals surface area contributed by atoms with E-state index in [4.69, 9.17) is 0 Å². The van der Waals surface area contributed by atoms with E-state index in [-0.39, 0.29) is 18.9 Å². The van der Waals surface area contributed by atoms with Crippen molar-refractivity contribution < 1.29 is 14.7 Å². The number of rotatable bonds is 10. The molecule has 4 aromatic rings. The first-order chi connectivity index (χ1) is 17.1. The lowest BCUT2D eigenvalue weighted by Crippen LogP contribution is -2.45. The van der Waals surface area contributed by atoms with Gasteiger partial charge in [-0.3, -0.25) is 4.79 Å². The predicted octanol–water partition coefficient (Wildman–Crippen LogP) is 4.36. The third-order valence-electron chi connectivity index (χ3n) is 5.85. The molecule has 0 aliphatic heterocycles. The Morgan fingerprint density at radius 1 is 0.914 bits per heavy atom. The molecule has 178 valence electrons. The summed E-state index contributed by atoms with van der Waals surface area (Å²) < 4.78 is 0. The Bertz CT molecular complexity index is 1260. The largest absolute Gasteiger partial charge is 0.480 e. The molecule has 1 atom stereocenters. The van der Waals surface area contributed by atoms with Gasteiger partial charge < -0.3 is 10.0 Å². The number of carboxylic acid groups (broad SMARTS) is 1. The second-order valence-electron chi connectivity index (χ2n) is 8.29. The molecule has 0 radical (unpaired) electrons. The van der Waals surface area contributed by atoms with Crippen LogP contribution in [0.3, 0.4) is 0 Å². The molecule has 0 spiro atoms. The maximum absolute atomic E-state index is 13.0. The fourth-order valence-electron chi connectivity index (χ4n) is 4.09. The predicted molar refractivity (Wildman–Crippen MR) is 132 cm³/mol. The average molecular weight is 470 g/mol. The first-order valence-corrected chi connectivity index (χ1v) is 11.5. The van der Waals surface area contributed by atoms with Crippen molar-refractivity contribution in [3.63, 3.8) is 0 Å². The minimum atomic E-state index is -1.01. The van der Waals surface area contributed by atoms with Crippen molar-refractivity contribution in [1.82, 2.24) is 25.5 Å². The van der Waals surface area contributed by atoms with Crippen LogP contribution in [0.2, 0.25) is 0 Å². The van der Waals surface area contributed by atoms with Gasteiger partial charge in [-0.1, -0.05) is 85.8 Å². The van der Waals surface area contributed by atoms with Crippen LogP contribution in [0.15, 0.2) is 78.9 Å². The second kappa shape index (κ2) is 11.2. The van der Waals surface area contributed by atoms with Crippen LogP contribution in [0.1, 0.15) is 30.9 Å². The summed E-state index contributed by atoms with van der Waals surface area (Å²) in [6, 6.07) is 24.0. The number of nitrogens with one attached hydrogen (secondary N) is 1. The third-order valence-corrected chi connectivity index (χ3v) is 5.85. The average Bonchev–Trinajstić information content (AvgIpc) is 3.42. The Labute approximate surface area is 203 Å². The highest BCUT2D eigenvalue weighted by Crippen LogP contribution is 2.30. The van der Waals surface area contributed by atoms with Crippen LogP contribution >= 0.6 is 0 Å². The highest BCUT2D eigenvalue weighted by atomic mass is 16.4. The Hall–Kier alpha value is -4.33. The molecule has 0 saturated carbocycles. The van der Waals surface area contributed by atoms with E-state index in [1.807, 2.05) is 85.8 Å². The lowest BCUT2D eigenvalue weighted by atomic mass is 9.98. The van der Waals surface area contributed by atoms with Crippen LogP contribution in [-0.4, -0.2) is 48.5 Å². The SMILES string of the molecule is CCCC(=O)N(Cc1ccc(-c2ccccc2-c2nn[nH]n2)cc1)C(Cc1ccccc1)C(=O)O. The van der Waals surface area contributed by atoms with E-state index in [0.29, 0.717) is 18.7 Å². The van der Waals surface area contributed by atoms with Gasteiger partial charge in [0, 0.05) is 24.9 Å². The second-order valence-corrected chi connectivity index (χ2v) is 8.29. The molecule has 4 rings (SSSR count). The number of carboxylic acids is 1. The molecule has 0 aliphatic rings. The van der Waals surface area contributed by atoms with Crippen molar-refractivity contribution in [3.05, 3.63) is 90.0 Å². The number of aliphatic carboxylic acids is 1. The smallest absolute Gasteiger partial charge is 0.326 e. The van der Waals surface area contributed by atoms with E-state index in [1.54, 1.807) is 0 Å². The van der Waals surface area contributed by atoms with Gasteiger partial charge in [-0.05, 0) is 33.9 Å². The Morgan fingerprint density at radius 3 is 2.23 bits per heavy atom. The van der Waals surface area contributed by atoms with Gasteiger partial charge in [-0.2, -0.15) is 5.21 Å². The topological polar surface area (TPSA) is 112 Å². The van der Waals surface area contributed by atoms with E-state index < -0.39 is 12.0 Å². The number of nitrogens with zero attached hydrogens (tertiary/aromatic N) is 4. The van der Waals surface area contributed by atoms with Crippen molar-refractivity contribution >= 4 is 11.9 Å². The highest BCUT2D eigenvalue weighted by molar-refractivity contribution is 5.84. The van der Waals surface area contributed by atoms with Crippen LogP contribution in [0.4, 0.5) is 0 Å². The van der Waals surface area contributed by atoms with Gasteiger partial charge in [0.2, 0.25) is 11.7 Å². The van der Waals surface area contributed by atoms with E-state index in [1.165, 1.54) is 4.90 Å². The van der Waals surface area contributed by atoms with Gasteiger partial charge in [0.1, 0.15) is 6.04 Å². The fourth-order valence-corrected chi connectivity index (χ4v) is 4.09. The van der Waals surface area contributed by atoms with Crippen LogP contribution in [0.5, 0.6) is 0 Å². The molecule has 2 N–H and O–H groups in total. The number of amides is 1. The molecule has 1 heterocycles. The van der Waals surface area contributed by atoms with Crippen LogP contribution < -0.4 is 0 Å². The molecule has 0 saturated heterocycles. The third kappa shape index (κ3) is 5.78. The summed E-state index contributed by atoms with van der Waals surface area (Å²) >= 11 is 0. The van der Waals surface area contributed by atoms with Gasteiger partial charge in [-0.15, -0.1) is 10.2 Å². The summed E-state index contributed by atoms with van der Waals surface area (Å²) in [5, 5.41) is 24.3.